The fourth-order valence-electron chi connectivity index (χ4n) is 2.42. The number of nitrogens with zero attached hydrogens (tertiary/aromatic N) is 2. The van der Waals surface area contributed by atoms with E-state index in [1.54, 1.807) is 6.20 Å². The number of nitrogens with one attached hydrogen (secondary N) is 1. The van der Waals surface area contributed by atoms with Crippen LogP contribution in [-0.2, 0) is 0 Å². The molecule has 1 aromatic carbocycles. The molecule has 1 heterocycles. The Morgan fingerprint density at radius 2 is 2.25 bits per heavy atom. The van der Waals surface area contributed by atoms with Crippen molar-refractivity contribution in [2.75, 3.05) is 23.8 Å². The summed E-state index contributed by atoms with van der Waals surface area (Å²) >= 11 is 0. The number of aliphatic imine (C=N–C) groups is 1. The number of allylic oxidation sites excluding steroid dienone is 1. The van der Waals surface area contributed by atoms with E-state index in [1.165, 1.54) is 24.2 Å². The minimum Gasteiger partial charge on any atom is -0.404 e. The van der Waals surface area contributed by atoms with Crippen LogP contribution in [0.1, 0.15) is 25.3 Å². The monoisotopic (exact) mass is 270 g/mol. The van der Waals surface area contributed by atoms with Crippen molar-refractivity contribution in [2.45, 2.75) is 31.8 Å². The minimum atomic E-state index is 0.509. The van der Waals surface area contributed by atoms with Crippen molar-refractivity contribution in [1.82, 2.24) is 0 Å². The number of nitrogens with two attached hydrogens (primary N) is 1. The molecule has 4 heteroatoms. The lowest BCUT2D eigenvalue weighted by molar-refractivity contribution is 0.699. The van der Waals surface area contributed by atoms with Gasteiger partial charge in [0.2, 0.25) is 0 Å². The van der Waals surface area contributed by atoms with Crippen molar-refractivity contribution >= 4 is 23.2 Å². The maximum Gasteiger partial charge on any atom is 0.0602 e. The predicted molar refractivity (Wildman–Crippen MR) is 86.5 cm³/mol. The fourth-order valence-corrected chi connectivity index (χ4v) is 2.42. The predicted octanol–water partition coefficient (Wildman–Crippen LogP) is 2.47. The first kappa shape index (κ1) is 13.0. The van der Waals surface area contributed by atoms with Crippen LogP contribution in [-0.4, -0.2) is 31.9 Å². The number of hydrogen-bond acceptors (Lipinski definition) is 4. The molecule has 0 aromatic heterocycles. The van der Waals surface area contributed by atoms with Crippen molar-refractivity contribution in [3.05, 3.63) is 30.0 Å². The minimum absolute atomic E-state index is 0.509. The summed E-state index contributed by atoms with van der Waals surface area (Å²) in [7, 11) is 2.14. The summed E-state index contributed by atoms with van der Waals surface area (Å²) in [4.78, 5) is 6.82. The van der Waals surface area contributed by atoms with Crippen molar-refractivity contribution in [3.63, 3.8) is 0 Å². The van der Waals surface area contributed by atoms with Crippen LogP contribution in [0.5, 0.6) is 0 Å². The molecule has 1 aliphatic heterocycles. The first-order valence-electron chi connectivity index (χ1n) is 7.25. The number of benzene rings is 1. The van der Waals surface area contributed by atoms with E-state index >= 15 is 0 Å². The van der Waals surface area contributed by atoms with Gasteiger partial charge in [0.05, 0.1) is 17.4 Å². The van der Waals surface area contributed by atoms with E-state index in [0.717, 1.165) is 17.7 Å². The molecule has 20 heavy (non-hydrogen) atoms. The van der Waals surface area contributed by atoms with E-state index < -0.39 is 0 Å². The lowest BCUT2D eigenvalue weighted by Crippen LogP contribution is -2.39. The molecular weight excluding hydrogens is 248 g/mol. The normalized spacial score (nSPS) is 22.8. The molecule has 1 unspecified atom stereocenters. The van der Waals surface area contributed by atoms with E-state index in [2.05, 4.69) is 47.4 Å². The molecule has 0 radical (unpaired) electrons. The molecule has 0 bridgehead atoms. The average molecular weight is 270 g/mol. The molecule has 2 aliphatic rings. The van der Waals surface area contributed by atoms with Gasteiger partial charge < -0.3 is 16.0 Å². The van der Waals surface area contributed by atoms with Crippen LogP contribution >= 0.6 is 0 Å². The molecule has 3 N–H and O–H groups in total. The first-order chi connectivity index (χ1) is 9.69. The second kappa shape index (κ2) is 5.19. The van der Waals surface area contributed by atoms with Crippen LogP contribution in [0.2, 0.25) is 0 Å². The molecule has 1 atom stereocenters. The van der Waals surface area contributed by atoms with Crippen molar-refractivity contribution < 1.29 is 0 Å². The van der Waals surface area contributed by atoms with Gasteiger partial charge in [-0.2, -0.15) is 0 Å². The quantitative estimate of drug-likeness (QED) is 0.830. The third-order valence-electron chi connectivity index (χ3n) is 4.11. The summed E-state index contributed by atoms with van der Waals surface area (Å²) in [6, 6.07) is 7.46. The lowest BCUT2D eigenvalue weighted by atomic mass is 10.0. The highest BCUT2D eigenvalue weighted by Gasteiger charge is 2.21. The molecule has 0 saturated heterocycles. The van der Waals surface area contributed by atoms with Gasteiger partial charge in [0.1, 0.15) is 0 Å². The van der Waals surface area contributed by atoms with Crippen LogP contribution in [0.4, 0.5) is 11.4 Å². The van der Waals surface area contributed by atoms with Crippen molar-refractivity contribution in [3.8, 4) is 0 Å². The van der Waals surface area contributed by atoms with Crippen LogP contribution in [0.15, 0.2) is 29.4 Å². The Hall–Kier alpha value is -1.97. The van der Waals surface area contributed by atoms with Gasteiger partial charge in [0.15, 0.2) is 0 Å². The average Bonchev–Trinajstić information content (AvgIpc) is 3.28. The fraction of sp³-hybridized carbons (Fsp3) is 0.438. The zero-order valence-corrected chi connectivity index (χ0v) is 12.1. The van der Waals surface area contributed by atoms with E-state index in [1.807, 2.05) is 6.21 Å². The maximum absolute atomic E-state index is 5.75. The van der Waals surface area contributed by atoms with Gasteiger partial charge in [-0.3, -0.25) is 4.99 Å². The summed E-state index contributed by atoms with van der Waals surface area (Å²) in [5.74, 6) is 0. The van der Waals surface area contributed by atoms with Gasteiger partial charge in [-0.05, 0) is 37.5 Å². The third-order valence-corrected chi connectivity index (χ3v) is 4.11. The zero-order chi connectivity index (χ0) is 14.1. The molecule has 1 aliphatic carbocycles. The van der Waals surface area contributed by atoms with E-state index in [9.17, 15) is 0 Å². The Bertz CT molecular complexity index is 558. The Balaban J connectivity index is 1.87. The summed E-state index contributed by atoms with van der Waals surface area (Å²) in [6.45, 7) is 3.18. The number of hydrogen-bond donors (Lipinski definition) is 2. The summed E-state index contributed by atoms with van der Waals surface area (Å²) in [6.07, 6.45) is 5.98. The maximum atomic E-state index is 5.75. The van der Waals surface area contributed by atoms with Gasteiger partial charge in [-0.15, -0.1) is 0 Å². The van der Waals surface area contributed by atoms with E-state index in [-0.39, 0.29) is 0 Å². The van der Waals surface area contributed by atoms with Crippen LogP contribution in [0.3, 0.4) is 0 Å². The number of anilines is 2. The molecular formula is C16H22N4. The summed E-state index contributed by atoms with van der Waals surface area (Å²) in [5.41, 5.74) is 10.3. The highest BCUT2D eigenvalue weighted by atomic mass is 15.2. The Labute approximate surface area is 120 Å². The lowest BCUT2D eigenvalue weighted by Gasteiger charge is -2.34. The highest BCUT2D eigenvalue weighted by molar-refractivity contribution is 6.10. The largest absolute Gasteiger partial charge is 0.404 e. The molecule has 4 nitrogen and oxygen atoms in total. The second-order valence-corrected chi connectivity index (χ2v) is 5.70. The number of likely N-dealkylation sites (N-methyl/N-ethyl adjacent to an activating group) is 1. The van der Waals surface area contributed by atoms with Gasteiger partial charge in [-0.1, -0.05) is 6.07 Å². The Kier molecular flexibility index (Phi) is 3.38. The molecule has 0 amide bonds. The van der Waals surface area contributed by atoms with Crippen molar-refractivity contribution in [1.29, 1.82) is 0 Å². The molecule has 106 valence electrons. The van der Waals surface area contributed by atoms with Gasteiger partial charge in [0.25, 0.3) is 0 Å². The molecule has 0 spiro atoms. The molecule has 1 aromatic rings. The van der Waals surface area contributed by atoms with Crippen LogP contribution in [0.25, 0.3) is 5.57 Å². The zero-order valence-electron chi connectivity index (χ0n) is 12.1. The van der Waals surface area contributed by atoms with Gasteiger partial charge in [0, 0.05) is 37.6 Å². The first-order valence-corrected chi connectivity index (χ1v) is 7.25. The summed E-state index contributed by atoms with van der Waals surface area (Å²) < 4.78 is 0. The third kappa shape index (κ3) is 2.50. The topological polar surface area (TPSA) is 53.6 Å². The number of rotatable bonds is 3. The standard InChI is InChI=1S/C16H22N4/c1-11-9-19-15-7-12(3-6-16(15)20(11)2)13(8-17)10-18-14-4-5-14/h3,6-8,10-11,14,19H,4-5,9,17H2,1-2H3. The van der Waals surface area contributed by atoms with Gasteiger partial charge >= 0.3 is 0 Å². The van der Waals surface area contributed by atoms with Crippen LogP contribution in [0, 0.1) is 0 Å². The summed E-state index contributed by atoms with van der Waals surface area (Å²) in [5, 5.41) is 3.49. The smallest absolute Gasteiger partial charge is 0.0602 e. The second-order valence-electron chi connectivity index (χ2n) is 5.70. The van der Waals surface area contributed by atoms with E-state index in [0.29, 0.717) is 12.1 Å². The highest BCUT2D eigenvalue weighted by Crippen LogP contribution is 2.33. The number of fused-ring (bicyclic) bond motifs is 1. The van der Waals surface area contributed by atoms with Crippen LogP contribution < -0.4 is 16.0 Å². The molecule has 3 rings (SSSR count). The molecule has 1 fully saturated rings. The van der Waals surface area contributed by atoms with Gasteiger partial charge in [-0.25, -0.2) is 0 Å². The Morgan fingerprint density at radius 1 is 1.45 bits per heavy atom. The Morgan fingerprint density at radius 3 is 2.95 bits per heavy atom. The van der Waals surface area contributed by atoms with E-state index in [4.69, 9.17) is 5.73 Å². The molecule has 1 saturated carbocycles. The SMILES string of the molecule is CC1CNc2cc(C(C=NC3CC3)=CN)ccc2N1C. The van der Waals surface area contributed by atoms with Crippen molar-refractivity contribution in [2.24, 2.45) is 10.7 Å².